The molecular weight excluding hydrogens is 305 g/mol. The molecule has 0 saturated carbocycles. The number of carbonyl (C=O) groups is 1. The quantitative estimate of drug-likeness (QED) is 0.755. The smallest absolute Gasteiger partial charge is 0.162 e. The van der Waals surface area contributed by atoms with Gasteiger partial charge in [0.25, 0.3) is 0 Å². The first-order valence-corrected chi connectivity index (χ1v) is 8.40. The number of ketones is 1. The number of ether oxygens (including phenoxy) is 1. The number of Topliss-reactive ketones (excluding diaryl/α,β-unsaturated/α-hetero) is 1. The predicted octanol–water partition coefficient (Wildman–Crippen LogP) is 3.86. The lowest BCUT2D eigenvalue weighted by Crippen LogP contribution is -2.38. The zero-order chi connectivity index (χ0) is 16.8. The number of carbonyl (C=O) groups excluding carboxylic acids is 1. The molecule has 0 aliphatic carbocycles. The van der Waals surface area contributed by atoms with Crippen molar-refractivity contribution in [2.75, 3.05) is 26.2 Å². The highest BCUT2D eigenvalue weighted by Crippen LogP contribution is 2.22. The first-order valence-electron chi connectivity index (χ1n) is 8.40. The van der Waals surface area contributed by atoms with E-state index in [1.54, 1.807) is 12.1 Å². The van der Waals surface area contributed by atoms with E-state index in [1.807, 2.05) is 18.2 Å². The van der Waals surface area contributed by atoms with Crippen molar-refractivity contribution in [1.29, 1.82) is 0 Å². The van der Waals surface area contributed by atoms with Crippen LogP contribution in [0.1, 0.15) is 34.9 Å². The van der Waals surface area contributed by atoms with Gasteiger partial charge in [0.2, 0.25) is 0 Å². The van der Waals surface area contributed by atoms with Gasteiger partial charge in [-0.25, -0.2) is 4.39 Å². The first kappa shape index (κ1) is 16.8. The van der Waals surface area contributed by atoms with E-state index in [9.17, 15) is 9.18 Å². The summed E-state index contributed by atoms with van der Waals surface area (Å²) in [6.45, 7) is 3.34. The van der Waals surface area contributed by atoms with Crippen molar-refractivity contribution in [3.05, 3.63) is 71.5 Å². The normalized spacial score (nSPS) is 18.5. The molecule has 1 saturated heterocycles. The van der Waals surface area contributed by atoms with Gasteiger partial charge in [0.05, 0.1) is 12.7 Å². The molecule has 1 heterocycles. The van der Waals surface area contributed by atoms with E-state index in [1.165, 1.54) is 17.7 Å². The molecule has 1 fully saturated rings. The predicted molar refractivity (Wildman–Crippen MR) is 91.5 cm³/mol. The third-order valence-corrected chi connectivity index (χ3v) is 4.37. The van der Waals surface area contributed by atoms with Gasteiger partial charge < -0.3 is 4.74 Å². The van der Waals surface area contributed by atoms with E-state index in [2.05, 4.69) is 17.0 Å². The van der Waals surface area contributed by atoms with Crippen molar-refractivity contribution in [1.82, 2.24) is 4.90 Å². The fraction of sp³-hybridized carbons (Fsp3) is 0.350. The summed E-state index contributed by atoms with van der Waals surface area (Å²) in [4.78, 5) is 14.5. The summed E-state index contributed by atoms with van der Waals surface area (Å²) in [5.74, 6) is -0.241. The van der Waals surface area contributed by atoms with Crippen LogP contribution in [-0.4, -0.2) is 36.9 Å². The number of nitrogens with zero attached hydrogens (tertiary/aromatic N) is 1. The van der Waals surface area contributed by atoms with Crippen molar-refractivity contribution < 1.29 is 13.9 Å². The summed E-state index contributed by atoms with van der Waals surface area (Å²) in [6.07, 6.45) is 1.39. The fourth-order valence-electron chi connectivity index (χ4n) is 3.02. The molecule has 0 bridgehead atoms. The molecular formula is C20H22FNO2. The second-order valence-electron chi connectivity index (χ2n) is 6.10. The Morgan fingerprint density at radius 1 is 1.12 bits per heavy atom. The Morgan fingerprint density at radius 2 is 1.88 bits per heavy atom. The Kier molecular flexibility index (Phi) is 5.72. The van der Waals surface area contributed by atoms with Gasteiger partial charge in [-0.05, 0) is 42.8 Å². The Hall–Kier alpha value is -2.04. The molecule has 0 radical (unpaired) electrons. The summed E-state index contributed by atoms with van der Waals surface area (Å²) in [5.41, 5.74) is 1.78. The number of halogens is 1. The molecule has 0 N–H and O–H groups in total. The van der Waals surface area contributed by atoms with Gasteiger partial charge in [0.1, 0.15) is 5.82 Å². The minimum atomic E-state index is -0.313. The second-order valence-corrected chi connectivity index (χ2v) is 6.10. The molecule has 24 heavy (non-hydrogen) atoms. The molecule has 1 aliphatic rings. The van der Waals surface area contributed by atoms with E-state index in [4.69, 9.17) is 4.74 Å². The minimum absolute atomic E-state index is 0.0721. The topological polar surface area (TPSA) is 29.5 Å². The summed E-state index contributed by atoms with van der Waals surface area (Å²) < 4.78 is 18.7. The van der Waals surface area contributed by atoms with Crippen LogP contribution in [0, 0.1) is 5.82 Å². The zero-order valence-corrected chi connectivity index (χ0v) is 13.7. The molecule has 2 aromatic rings. The van der Waals surface area contributed by atoms with E-state index < -0.39 is 0 Å². The summed E-state index contributed by atoms with van der Waals surface area (Å²) in [6, 6.07) is 16.0. The summed E-state index contributed by atoms with van der Waals surface area (Å²) >= 11 is 0. The van der Waals surface area contributed by atoms with Gasteiger partial charge >= 0.3 is 0 Å². The molecule has 0 unspecified atom stereocenters. The standard InChI is InChI=1S/C20H22FNO2/c21-18-10-8-16(9-11-18)19(23)7-4-12-22-13-14-24-20(15-22)17-5-2-1-3-6-17/h1-3,5-6,8-11,20H,4,7,12-15H2/t20-/m1/s1. The van der Waals surface area contributed by atoms with Crippen LogP contribution in [-0.2, 0) is 4.74 Å². The number of benzene rings is 2. The lowest BCUT2D eigenvalue weighted by atomic mass is 10.1. The van der Waals surface area contributed by atoms with Gasteiger partial charge in [-0.1, -0.05) is 30.3 Å². The molecule has 1 aliphatic heterocycles. The fourth-order valence-corrected chi connectivity index (χ4v) is 3.02. The maximum atomic E-state index is 12.9. The highest BCUT2D eigenvalue weighted by atomic mass is 19.1. The number of morpholine rings is 1. The number of hydrogen-bond donors (Lipinski definition) is 0. The Labute approximate surface area is 142 Å². The monoisotopic (exact) mass is 327 g/mol. The second kappa shape index (κ2) is 8.18. The lowest BCUT2D eigenvalue weighted by Gasteiger charge is -2.33. The molecule has 3 nitrogen and oxygen atoms in total. The summed E-state index contributed by atoms with van der Waals surface area (Å²) in [7, 11) is 0. The molecule has 2 aromatic carbocycles. The number of hydrogen-bond acceptors (Lipinski definition) is 3. The molecule has 1 atom stereocenters. The van der Waals surface area contributed by atoms with Crippen molar-refractivity contribution in [2.24, 2.45) is 0 Å². The van der Waals surface area contributed by atoms with Crippen molar-refractivity contribution >= 4 is 5.78 Å². The van der Waals surface area contributed by atoms with Gasteiger partial charge in [-0.3, -0.25) is 9.69 Å². The third kappa shape index (κ3) is 4.49. The van der Waals surface area contributed by atoms with Crippen LogP contribution in [0.15, 0.2) is 54.6 Å². The van der Waals surface area contributed by atoms with E-state index in [0.717, 1.165) is 26.1 Å². The first-order chi connectivity index (χ1) is 11.7. The average molecular weight is 327 g/mol. The van der Waals surface area contributed by atoms with Gasteiger partial charge in [-0.2, -0.15) is 0 Å². The van der Waals surface area contributed by atoms with Gasteiger partial charge in [0.15, 0.2) is 5.78 Å². The highest BCUT2D eigenvalue weighted by Gasteiger charge is 2.21. The third-order valence-electron chi connectivity index (χ3n) is 4.37. The summed E-state index contributed by atoms with van der Waals surface area (Å²) in [5, 5.41) is 0. The molecule has 126 valence electrons. The number of rotatable bonds is 6. The van der Waals surface area contributed by atoms with Gasteiger partial charge in [-0.15, -0.1) is 0 Å². The van der Waals surface area contributed by atoms with E-state index in [0.29, 0.717) is 18.6 Å². The minimum Gasteiger partial charge on any atom is -0.371 e. The van der Waals surface area contributed by atoms with E-state index >= 15 is 0 Å². The van der Waals surface area contributed by atoms with Crippen LogP contribution < -0.4 is 0 Å². The molecule has 0 amide bonds. The maximum Gasteiger partial charge on any atom is 0.162 e. The molecule has 0 aromatic heterocycles. The SMILES string of the molecule is O=C(CCCN1CCO[C@@H](c2ccccc2)C1)c1ccc(F)cc1. The highest BCUT2D eigenvalue weighted by molar-refractivity contribution is 5.95. The maximum absolute atomic E-state index is 12.9. The van der Waals surface area contributed by atoms with Crippen molar-refractivity contribution in [3.63, 3.8) is 0 Å². The Morgan fingerprint density at radius 3 is 2.62 bits per heavy atom. The van der Waals surface area contributed by atoms with E-state index in [-0.39, 0.29) is 17.7 Å². The largest absolute Gasteiger partial charge is 0.371 e. The Balaban J connectivity index is 1.46. The molecule has 0 spiro atoms. The zero-order valence-electron chi connectivity index (χ0n) is 13.7. The van der Waals surface area contributed by atoms with Crippen LogP contribution in [0.2, 0.25) is 0 Å². The van der Waals surface area contributed by atoms with Crippen molar-refractivity contribution in [2.45, 2.75) is 18.9 Å². The average Bonchev–Trinajstić information content (AvgIpc) is 2.63. The Bertz CT molecular complexity index is 657. The lowest BCUT2D eigenvalue weighted by molar-refractivity contribution is -0.0302. The van der Waals surface area contributed by atoms with Crippen LogP contribution >= 0.6 is 0 Å². The van der Waals surface area contributed by atoms with Crippen molar-refractivity contribution in [3.8, 4) is 0 Å². The molecule has 3 rings (SSSR count). The van der Waals surface area contributed by atoms with Crippen LogP contribution in [0.5, 0.6) is 0 Å². The van der Waals surface area contributed by atoms with Gasteiger partial charge in [0, 0.05) is 25.1 Å². The van der Waals surface area contributed by atoms with Crippen LogP contribution in [0.3, 0.4) is 0 Å². The van der Waals surface area contributed by atoms with Crippen LogP contribution in [0.4, 0.5) is 4.39 Å². The van der Waals surface area contributed by atoms with Crippen LogP contribution in [0.25, 0.3) is 0 Å². The molecule has 4 heteroatoms.